The number of hydrogen-bond donors (Lipinski definition) is 0. The summed E-state index contributed by atoms with van der Waals surface area (Å²) in [6, 6.07) is 0. The number of allylic oxidation sites excluding steroid dienone is 10. The van der Waals surface area contributed by atoms with E-state index in [1.54, 1.807) is 0 Å². The summed E-state index contributed by atoms with van der Waals surface area (Å²) in [5, 5.41) is 0. The Hall–Kier alpha value is -2.89. The van der Waals surface area contributed by atoms with Crippen LogP contribution in [0, 0.1) is 0 Å². The average Bonchev–Trinajstić information content (AvgIpc) is 3.38. The van der Waals surface area contributed by atoms with Crippen LogP contribution < -0.4 is 0 Å². The maximum absolute atomic E-state index is 12.8. The number of carbonyl (C=O) groups is 3. The lowest BCUT2D eigenvalue weighted by atomic mass is 10.0. The van der Waals surface area contributed by atoms with Gasteiger partial charge in [0.05, 0.1) is 0 Å². The summed E-state index contributed by atoms with van der Waals surface area (Å²) >= 11 is 0. The fourth-order valence-electron chi connectivity index (χ4n) is 9.01. The smallest absolute Gasteiger partial charge is 0.306 e. The van der Waals surface area contributed by atoms with E-state index in [2.05, 4.69) is 81.5 Å². The summed E-state index contributed by atoms with van der Waals surface area (Å²) in [7, 11) is 0. The van der Waals surface area contributed by atoms with E-state index in [1.165, 1.54) is 199 Å². The highest BCUT2D eigenvalue weighted by molar-refractivity contribution is 5.71. The van der Waals surface area contributed by atoms with Crippen LogP contribution in [0.25, 0.3) is 0 Å². The van der Waals surface area contributed by atoms with Gasteiger partial charge in [-0.2, -0.15) is 0 Å². The van der Waals surface area contributed by atoms with Crippen LogP contribution in [-0.4, -0.2) is 37.2 Å². The molecule has 0 rings (SSSR count). The summed E-state index contributed by atoms with van der Waals surface area (Å²) in [6.45, 7) is 6.59. The first-order valence-electron chi connectivity index (χ1n) is 31.3. The molecule has 0 saturated heterocycles. The predicted octanol–water partition coefficient (Wildman–Crippen LogP) is 21.2. The fraction of sp³-hybridized carbons (Fsp3) is 0.803. The lowest BCUT2D eigenvalue weighted by Crippen LogP contribution is -2.30. The van der Waals surface area contributed by atoms with E-state index in [0.29, 0.717) is 19.3 Å². The second-order valence-corrected chi connectivity index (χ2v) is 21.0. The van der Waals surface area contributed by atoms with Crippen molar-refractivity contribution in [2.45, 2.75) is 329 Å². The summed E-state index contributed by atoms with van der Waals surface area (Å²) < 4.78 is 16.8. The van der Waals surface area contributed by atoms with E-state index in [0.717, 1.165) is 83.5 Å². The van der Waals surface area contributed by atoms with Crippen LogP contribution in [0.2, 0.25) is 0 Å². The van der Waals surface area contributed by atoms with Crippen LogP contribution >= 0.6 is 0 Å². The van der Waals surface area contributed by atoms with Gasteiger partial charge in [-0.1, -0.05) is 274 Å². The largest absolute Gasteiger partial charge is 0.462 e. The molecule has 1 atom stereocenters. The zero-order chi connectivity index (χ0) is 52.2. The number of unbranched alkanes of at least 4 members (excludes halogenated alkanes) is 36. The number of esters is 3. The molecule has 0 amide bonds. The van der Waals surface area contributed by atoms with Crippen molar-refractivity contribution in [1.29, 1.82) is 0 Å². The van der Waals surface area contributed by atoms with Gasteiger partial charge in [0.25, 0.3) is 0 Å². The van der Waals surface area contributed by atoms with Gasteiger partial charge >= 0.3 is 17.9 Å². The van der Waals surface area contributed by atoms with Crippen molar-refractivity contribution < 1.29 is 28.6 Å². The molecule has 0 radical (unpaired) electrons. The van der Waals surface area contributed by atoms with E-state index >= 15 is 0 Å². The van der Waals surface area contributed by atoms with Crippen molar-refractivity contribution in [2.75, 3.05) is 13.2 Å². The first-order chi connectivity index (χ1) is 35.5. The van der Waals surface area contributed by atoms with Crippen molar-refractivity contribution in [1.82, 2.24) is 0 Å². The molecular formula is C66H118O6. The number of carbonyl (C=O) groups excluding carboxylic acids is 3. The molecule has 0 N–H and O–H groups in total. The minimum atomic E-state index is -0.778. The maximum atomic E-state index is 12.8. The van der Waals surface area contributed by atoms with Gasteiger partial charge in [-0.3, -0.25) is 14.4 Å². The Kier molecular flexibility index (Phi) is 58.2. The molecule has 0 aromatic carbocycles. The third-order valence-electron chi connectivity index (χ3n) is 13.7. The van der Waals surface area contributed by atoms with Crippen molar-refractivity contribution in [3.63, 3.8) is 0 Å². The van der Waals surface area contributed by atoms with Gasteiger partial charge in [0, 0.05) is 19.3 Å². The molecule has 0 aliphatic heterocycles. The van der Waals surface area contributed by atoms with Crippen molar-refractivity contribution in [3.05, 3.63) is 60.8 Å². The van der Waals surface area contributed by atoms with Crippen molar-refractivity contribution >= 4 is 17.9 Å². The van der Waals surface area contributed by atoms with Crippen LogP contribution in [0.3, 0.4) is 0 Å². The van der Waals surface area contributed by atoms with Crippen LogP contribution in [0.1, 0.15) is 323 Å². The molecule has 0 spiro atoms. The highest BCUT2D eigenvalue weighted by Crippen LogP contribution is 2.16. The summed E-state index contributed by atoms with van der Waals surface area (Å²) in [5.41, 5.74) is 0. The number of ether oxygens (including phenoxy) is 3. The highest BCUT2D eigenvalue weighted by Gasteiger charge is 2.19. The molecule has 0 aromatic heterocycles. The summed E-state index contributed by atoms with van der Waals surface area (Å²) in [6.07, 6.45) is 76.7. The molecule has 0 aromatic rings. The number of rotatable bonds is 57. The minimum Gasteiger partial charge on any atom is -0.462 e. The molecule has 0 fully saturated rings. The molecule has 0 heterocycles. The molecule has 72 heavy (non-hydrogen) atoms. The van der Waals surface area contributed by atoms with Crippen molar-refractivity contribution in [2.24, 2.45) is 0 Å². The highest BCUT2D eigenvalue weighted by atomic mass is 16.6. The van der Waals surface area contributed by atoms with E-state index < -0.39 is 6.10 Å². The Balaban J connectivity index is 4.15. The standard InChI is InChI=1S/C66H118O6/c1-4-7-10-13-16-19-21-23-25-27-29-30-31-32-33-34-35-36-38-39-41-43-45-47-50-53-56-59-65(68)71-62-63(61-70-64(67)58-55-52-49-18-15-12-9-6-3)72-66(69)60-57-54-51-48-46-44-42-40-37-28-26-24-22-20-17-14-11-8-5-2/h17,20-21,23-24,26-27,29,37,40,63H,4-16,18-19,22,25,28,30-36,38-39,41-62H2,1-3H3/b20-17-,23-21-,26-24-,29-27-,40-37-. The average molecular weight is 1010 g/mol. The maximum Gasteiger partial charge on any atom is 0.306 e. The Morgan fingerprint density at radius 1 is 0.278 bits per heavy atom. The van der Waals surface area contributed by atoms with E-state index in [1.807, 2.05) is 0 Å². The first kappa shape index (κ1) is 69.1. The molecule has 0 aliphatic carbocycles. The lowest BCUT2D eigenvalue weighted by Gasteiger charge is -2.18. The van der Waals surface area contributed by atoms with E-state index in [4.69, 9.17) is 14.2 Å². The molecule has 418 valence electrons. The van der Waals surface area contributed by atoms with Crippen LogP contribution in [-0.2, 0) is 28.6 Å². The second kappa shape index (κ2) is 60.7. The quantitative estimate of drug-likeness (QED) is 0.0261. The number of hydrogen-bond acceptors (Lipinski definition) is 6. The van der Waals surface area contributed by atoms with E-state index in [9.17, 15) is 14.4 Å². The SMILES string of the molecule is CCCCC/C=C\C/C=C\C/C=C\CCCCCCCCC(=O)OC(COC(=O)CCCCCCCCCC)COC(=O)CCCCCCCCCCCCCCCCC/C=C\C/C=C\CCCCCCC. The first-order valence-corrected chi connectivity index (χ1v) is 31.3. The summed E-state index contributed by atoms with van der Waals surface area (Å²) in [5.74, 6) is -0.880. The van der Waals surface area contributed by atoms with Gasteiger partial charge in [0.2, 0.25) is 0 Å². The zero-order valence-electron chi connectivity index (χ0n) is 47.9. The fourth-order valence-corrected chi connectivity index (χ4v) is 9.01. The second-order valence-electron chi connectivity index (χ2n) is 21.0. The molecule has 0 aliphatic rings. The Morgan fingerprint density at radius 2 is 0.500 bits per heavy atom. The molecule has 0 saturated carbocycles. The predicted molar refractivity (Wildman–Crippen MR) is 312 cm³/mol. The molecular weight excluding hydrogens is 889 g/mol. The monoisotopic (exact) mass is 1010 g/mol. The molecule has 6 heteroatoms. The Bertz CT molecular complexity index is 1290. The van der Waals surface area contributed by atoms with Crippen LogP contribution in [0.5, 0.6) is 0 Å². The molecule has 1 unspecified atom stereocenters. The summed E-state index contributed by atoms with van der Waals surface area (Å²) in [4.78, 5) is 38.1. The molecule has 6 nitrogen and oxygen atoms in total. The minimum absolute atomic E-state index is 0.0769. The van der Waals surface area contributed by atoms with Crippen molar-refractivity contribution in [3.8, 4) is 0 Å². The normalized spacial score (nSPS) is 12.4. The van der Waals surface area contributed by atoms with Gasteiger partial charge in [-0.15, -0.1) is 0 Å². The third kappa shape index (κ3) is 58.0. The Morgan fingerprint density at radius 3 is 0.806 bits per heavy atom. The van der Waals surface area contributed by atoms with E-state index in [-0.39, 0.29) is 31.1 Å². The van der Waals surface area contributed by atoms with Gasteiger partial charge in [-0.25, -0.2) is 0 Å². The van der Waals surface area contributed by atoms with Crippen LogP contribution in [0.4, 0.5) is 0 Å². The zero-order valence-corrected chi connectivity index (χ0v) is 47.9. The third-order valence-corrected chi connectivity index (χ3v) is 13.7. The van der Waals surface area contributed by atoms with Gasteiger partial charge in [0.1, 0.15) is 13.2 Å². The van der Waals surface area contributed by atoms with Gasteiger partial charge < -0.3 is 14.2 Å². The molecule has 0 bridgehead atoms. The Labute approximate surface area is 447 Å². The van der Waals surface area contributed by atoms with Crippen LogP contribution in [0.15, 0.2) is 60.8 Å². The lowest BCUT2D eigenvalue weighted by molar-refractivity contribution is -0.167. The van der Waals surface area contributed by atoms with Gasteiger partial charge in [-0.05, 0) is 89.9 Å². The topological polar surface area (TPSA) is 78.9 Å². The van der Waals surface area contributed by atoms with Gasteiger partial charge in [0.15, 0.2) is 6.10 Å².